The van der Waals surface area contributed by atoms with E-state index in [-0.39, 0.29) is 0 Å². The van der Waals surface area contributed by atoms with Crippen LogP contribution in [0.15, 0.2) is 24.8 Å². The van der Waals surface area contributed by atoms with Crippen molar-refractivity contribution < 1.29 is 0 Å². The summed E-state index contributed by atoms with van der Waals surface area (Å²) < 4.78 is 3.63. The van der Waals surface area contributed by atoms with Gasteiger partial charge in [-0.1, -0.05) is 0 Å². The van der Waals surface area contributed by atoms with Gasteiger partial charge in [0.2, 0.25) is 0 Å². The van der Waals surface area contributed by atoms with Gasteiger partial charge in [-0.2, -0.15) is 10.2 Å². The van der Waals surface area contributed by atoms with Crippen molar-refractivity contribution in [2.45, 2.75) is 12.4 Å². The molecule has 0 saturated heterocycles. The predicted octanol–water partition coefficient (Wildman–Crippen LogP) is 1.40. The Morgan fingerprint density at radius 1 is 1.21 bits per heavy atom. The minimum Gasteiger partial charge on any atom is -0.275 e. The lowest BCUT2D eigenvalue weighted by atomic mass is 10.3. The van der Waals surface area contributed by atoms with Crippen molar-refractivity contribution >= 4 is 11.6 Å². The maximum atomic E-state index is 5.68. The fourth-order valence-electron chi connectivity index (χ4n) is 1.30. The second kappa shape index (κ2) is 3.84. The smallest absolute Gasteiger partial charge is 0.0690 e. The molecule has 14 heavy (non-hydrogen) atoms. The summed E-state index contributed by atoms with van der Waals surface area (Å²) in [6, 6.07) is 0. The summed E-state index contributed by atoms with van der Waals surface area (Å²) in [5, 5.41) is 8.28. The number of alkyl halides is 1. The summed E-state index contributed by atoms with van der Waals surface area (Å²) in [6.45, 7) is 0.741. The quantitative estimate of drug-likeness (QED) is 0.718. The van der Waals surface area contributed by atoms with Crippen LogP contribution in [-0.4, -0.2) is 19.6 Å². The molecule has 2 rings (SSSR count). The molecule has 0 radical (unpaired) electrons. The highest BCUT2D eigenvalue weighted by Crippen LogP contribution is 2.04. The van der Waals surface area contributed by atoms with Crippen LogP contribution in [0.5, 0.6) is 0 Å². The molecule has 2 aromatic heterocycles. The molecule has 2 aromatic rings. The van der Waals surface area contributed by atoms with Crippen molar-refractivity contribution in [1.29, 1.82) is 0 Å². The highest BCUT2D eigenvalue weighted by molar-refractivity contribution is 6.17. The summed E-state index contributed by atoms with van der Waals surface area (Å²) >= 11 is 5.68. The molecule has 0 fully saturated rings. The molecule has 0 amide bonds. The number of hydrogen-bond acceptors (Lipinski definition) is 2. The first-order chi connectivity index (χ1) is 6.78. The second-order valence-electron chi connectivity index (χ2n) is 3.20. The molecular formula is C9H11ClN4. The molecule has 0 saturated carbocycles. The van der Waals surface area contributed by atoms with Crippen LogP contribution < -0.4 is 0 Å². The van der Waals surface area contributed by atoms with E-state index in [1.165, 1.54) is 0 Å². The largest absolute Gasteiger partial charge is 0.275 e. The van der Waals surface area contributed by atoms with Gasteiger partial charge in [-0.25, -0.2) is 0 Å². The van der Waals surface area contributed by atoms with Gasteiger partial charge >= 0.3 is 0 Å². The molecule has 4 nitrogen and oxygen atoms in total. The number of aromatic nitrogens is 4. The third-order valence-electron chi connectivity index (χ3n) is 1.94. The van der Waals surface area contributed by atoms with Gasteiger partial charge in [-0.05, 0) is 0 Å². The first kappa shape index (κ1) is 9.27. The molecule has 0 unspecified atom stereocenters. The molecular weight excluding hydrogens is 200 g/mol. The number of nitrogens with zero attached hydrogens (tertiary/aromatic N) is 4. The van der Waals surface area contributed by atoms with Crippen LogP contribution in [0.1, 0.15) is 11.1 Å². The van der Waals surface area contributed by atoms with Crippen molar-refractivity contribution in [3.63, 3.8) is 0 Å². The van der Waals surface area contributed by atoms with Crippen molar-refractivity contribution in [1.82, 2.24) is 19.6 Å². The average Bonchev–Trinajstić information content (AvgIpc) is 2.76. The standard InChI is InChI=1S/C9H11ClN4/c1-13-5-9(4-11-13)7-14-6-8(2-10)3-12-14/h3-6H,2,7H2,1H3. The molecule has 0 spiro atoms. The highest BCUT2D eigenvalue weighted by atomic mass is 35.5. The Morgan fingerprint density at radius 3 is 2.57 bits per heavy atom. The molecule has 5 heteroatoms. The number of hydrogen-bond donors (Lipinski definition) is 0. The fraction of sp³-hybridized carbons (Fsp3) is 0.333. The summed E-state index contributed by atoms with van der Waals surface area (Å²) in [5.41, 5.74) is 2.17. The fourth-order valence-corrected chi connectivity index (χ4v) is 1.44. The van der Waals surface area contributed by atoms with E-state index < -0.39 is 0 Å². The lowest BCUT2D eigenvalue weighted by Gasteiger charge is -1.96. The van der Waals surface area contributed by atoms with E-state index in [9.17, 15) is 0 Å². The van der Waals surface area contributed by atoms with Gasteiger partial charge in [0, 0.05) is 30.6 Å². The van der Waals surface area contributed by atoms with Crippen molar-refractivity contribution in [3.05, 3.63) is 35.9 Å². The van der Waals surface area contributed by atoms with E-state index in [4.69, 9.17) is 11.6 Å². The zero-order valence-corrected chi connectivity index (χ0v) is 8.65. The van der Waals surface area contributed by atoms with Gasteiger partial charge < -0.3 is 0 Å². The Balaban J connectivity index is 2.10. The second-order valence-corrected chi connectivity index (χ2v) is 3.47. The van der Waals surface area contributed by atoms with Gasteiger partial charge in [0.1, 0.15) is 0 Å². The van der Waals surface area contributed by atoms with Crippen LogP contribution >= 0.6 is 11.6 Å². The lowest BCUT2D eigenvalue weighted by molar-refractivity contribution is 0.685. The van der Waals surface area contributed by atoms with E-state index in [0.29, 0.717) is 5.88 Å². The van der Waals surface area contributed by atoms with E-state index in [1.807, 2.05) is 30.3 Å². The molecule has 0 bridgehead atoms. The molecule has 74 valence electrons. The first-order valence-electron chi connectivity index (χ1n) is 4.33. The third kappa shape index (κ3) is 1.96. The van der Waals surface area contributed by atoms with Crippen molar-refractivity contribution in [2.75, 3.05) is 0 Å². The maximum absolute atomic E-state index is 5.68. The van der Waals surface area contributed by atoms with Crippen molar-refractivity contribution in [2.24, 2.45) is 7.05 Å². The molecule has 0 aliphatic carbocycles. The average molecular weight is 211 g/mol. The summed E-state index contributed by atoms with van der Waals surface area (Å²) in [5.74, 6) is 0.507. The molecule has 0 atom stereocenters. The first-order valence-corrected chi connectivity index (χ1v) is 4.86. The van der Waals surface area contributed by atoms with Crippen molar-refractivity contribution in [3.8, 4) is 0 Å². The van der Waals surface area contributed by atoms with Crippen LogP contribution in [0.2, 0.25) is 0 Å². The minimum absolute atomic E-state index is 0.507. The van der Waals surface area contributed by atoms with Gasteiger partial charge in [-0.3, -0.25) is 9.36 Å². The topological polar surface area (TPSA) is 35.6 Å². The Morgan fingerprint density at radius 2 is 2.00 bits per heavy atom. The van der Waals surface area contributed by atoms with Gasteiger partial charge in [0.15, 0.2) is 0 Å². The third-order valence-corrected chi connectivity index (χ3v) is 2.25. The zero-order valence-electron chi connectivity index (χ0n) is 7.89. The van der Waals surface area contributed by atoms with Crippen LogP contribution in [0.4, 0.5) is 0 Å². The number of halogens is 1. The van der Waals surface area contributed by atoms with Crippen LogP contribution in [0, 0.1) is 0 Å². The Labute approximate surface area is 87.1 Å². The van der Waals surface area contributed by atoms with E-state index in [2.05, 4.69) is 10.2 Å². The van der Waals surface area contributed by atoms with E-state index in [0.717, 1.165) is 17.7 Å². The normalized spacial score (nSPS) is 10.7. The van der Waals surface area contributed by atoms with Crippen LogP contribution in [0.3, 0.4) is 0 Å². The molecule has 0 aliphatic heterocycles. The summed E-state index contributed by atoms with van der Waals surface area (Å²) in [6.07, 6.45) is 7.54. The van der Waals surface area contributed by atoms with Crippen LogP contribution in [-0.2, 0) is 19.5 Å². The zero-order chi connectivity index (χ0) is 9.97. The number of rotatable bonds is 3. The van der Waals surface area contributed by atoms with Gasteiger partial charge in [0.25, 0.3) is 0 Å². The van der Waals surface area contributed by atoms with Gasteiger partial charge in [-0.15, -0.1) is 11.6 Å². The molecule has 0 N–H and O–H groups in total. The Hall–Kier alpha value is -1.29. The number of aryl methyl sites for hydroxylation is 1. The minimum atomic E-state index is 0.507. The van der Waals surface area contributed by atoms with Crippen LogP contribution in [0.25, 0.3) is 0 Å². The maximum Gasteiger partial charge on any atom is 0.0690 e. The van der Waals surface area contributed by atoms with E-state index >= 15 is 0 Å². The Kier molecular flexibility index (Phi) is 2.54. The SMILES string of the molecule is Cn1cc(Cn2cc(CCl)cn2)cn1. The summed E-state index contributed by atoms with van der Waals surface area (Å²) in [4.78, 5) is 0. The predicted molar refractivity (Wildman–Crippen MR) is 54.1 cm³/mol. The van der Waals surface area contributed by atoms with Gasteiger partial charge in [0.05, 0.1) is 24.8 Å². The molecule has 2 heterocycles. The molecule has 0 aromatic carbocycles. The summed E-state index contributed by atoms with van der Waals surface area (Å²) in [7, 11) is 1.90. The lowest BCUT2D eigenvalue weighted by Crippen LogP contribution is -1.98. The van der Waals surface area contributed by atoms with E-state index in [1.54, 1.807) is 10.9 Å². The Bertz CT molecular complexity index is 418. The highest BCUT2D eigenvalue weighted by Gasteiger charge is 2.00. The monoisotopic (exact) mass is 210 g/mol. The molecule has 0 aliphatic rings.